The normalized spacial score (nSPS) is 10.6. The van der Waals surface area contributed by atoms with E-state index in [0.717, 1.165) is 22.0 Å². The molecule has 0 fully saturated rings. The first-order chi connectivity index (χ1) is 16.1. The molecule has 0 N–H and O–H groups in total. The van der Waals surface area contributed by atoms with Gasteiger partial charge in [-0.05, 0) is 50.4 Å². The Morgan fingerprint density at radius 1 is 0.794 bits per heavy atom. The monoisotopic (exact) mass is 481 g/mol. The second-order valence-corrected chi connectivity index (χ2v) is 9.24. The Labute approximate surface area is 219 Å². The molecule has 0 amide bonds. The SMILES string of the molecule is Cc1cccc(Cl)c1C(=O)Pc1ccc(OCc2ccccc2)cc1OCc1ccccc1.[Li+]. The van der Waals surface area contributed by atoms with Crippen molar-refractivity contribution in [2.24, 2.45) is 0 Å². The fourth-order valence-corrected chi connectivity index (χ4v) is 4.92. The molecule has 0 saturated heterocycles. The number of halogens is 1. The molecule has 0 radical (unpaired) electrons. The molecule has 0 aromatic heterocycles. The Morgan fingerprint density at radius 2 is 1.41 bits per heavy atom. The minimum atomic E-state index is -0.118. The van der Waals surface area contributed by atoms with Crippen molar-refractivity contribution in [1.29, 1.82) is 0 Å². The van der Waals surface area contributed by atoms with Crippen LogP contribution < -0.4 is 33.6 Å². The first-order valence-electron chi connectivity index (χ1n) is 10.6. The number of ether oxygens (including phenoxy) is 2. The summed E-state index contributed by atoms with van der Waals surface area (Å²) >= 11 is 6.33. The van der Waals surface area contributed by atoms with Crippen molar-refractivity contribution in [3.8, 4) is 11.5 Å². The first-order valence-corrected chi connectivity index (χ1v) is 12.0. The van der Waals surface area contributed by atoms with Gasteiger partial charge in [-0.25, -0.2) is 0 Å². The Balaban J connectivity index is 0.00000324. The number of benzene rings is 4. The van der Waals surface area contributed by atoms with Crippen LogP contribution in [0.3, 0.4) is 0 Å². The average molecular weight is 482 g/mol. The first kappa shape index (κ1) is 26.1. The average Bonchev–Trinajstić information content (AvgIpc) is 2.83. The fraction of sp³-hybridized carbons (Fsp3) is 0.107. The van der Waals surface area contributed by atoms with E-state index in [-0.39, 0.29) is 33.0 Å². The maximum atomic E-state index is 13.1. The van der Waals surface area contributed by atoms with Crippen LogP contribution in [0.4, 0.5) is 0 Å². The zero-order valence-electron chi connectivity index (χ0n) is 19.3. The van der Waals surface area contributed by atoms with E-state index in [1.807, 2.05) is 97.9 Å². The Bertz CT molecular complexity index is 1210. The largest absolute Gasteiger partial charge is 1.00 e. The van der Waals surface area contributed by atoms with Crippen LogP contribution in [0.25, 0.3) is 0 Å². The molecule has 166 valence electrons. The third-order valence-electron chi connectivity index (χ3n) is 5.14. The molecule has 4 aromatic carbocycles. The van der Waals surface area contributed by atoms with Crippen molar-refractivity contribution < 1.29 is 33.1 Å². The third kappa shape index (κ3) is 6.99. The number of carbonyl (C=O) groups excluding carboxylic acids is 1. The van der Waals surface area contributed by atoms with E-state index < -0.39 is 0 Å². The Hall–Kier alpha value is -2.53. The second kappa shape index (κ2) is 12.8. The van der Waals surface area contributed by atoms with Gasteiger partial charge in [0.1, 0.15) is 24.7 Å². The molecule has 4 rings (SSSR count). The molecule has 34 heavy (non-hydrogen) atoms. The summed E-state index contributed by atoms with van der Waals surface area (Å²) in [4.78, 5) is 13.1. The molecular formula is C28H24ClLiO3P+. The van der Waals surface area contributed by atoms with Gasteiger partial charge < -0.3 is 9.47 Å². The van der Waals surface area contributed by atoms with Gasteiger partial charge in [-0.3, -0.25) is 4.79 Å². The van der Waals surface area contributed by atoms with Crippen molar-refractivity contribution in [2.75, 3.05) is 0 Å². The molecule has 4 aromatic rings. The van der Waals surface area contributed by atoms with Gasteiger partial charge in [0.15, 0.2) is 5.52 Å². The van der Waals surface area contributed by atoms with Gasteiger partial charge in [-0.1, -0.05) is 84.4 Å². The van der Waals surface area contributed by atoms with Crippen molar-refractivity contribution in [3.63, 3.8) is 0 Å². The number of hydrogen-bond donors (Lipinski definition) is 0. The van der Waals surface area contributed by atoms with Crippen molar-refractivity contribution in [1.82, 2.24) is 0 Å². The van der Waals surface area contributed by atoms with Crippen LogP contribution in [0.2, 0.25) is 5.02 Å². The molecule has 0 saturated carbocycles. The molecule has 0 aliphatic rings. The van der Waals surface area contributed by atoms with Crippen molar-refractivity contribution in [2.45, 2.75) is 20.1 Å². The quantitative estimate of drug-likeness (QED) is 0.268. The number of hydrogen-bond acceptors (Lipinski definition) is 3. The number of rotatable bonds is 9. The van der Waals surface area contributed by atoms with Crippen LogP contribution in [0.15, 0.2) is 97.1 Å². The molecule has 3 nitrogen and oxygen atoms in total. The Morgan fingerprint density at radius 3 is 2.03 bits per heavy atom. The minimum absolute atomic E-state index is 0. The molecular weight excluding hydrogens is 458 g/mol. The van der Waals surface area contributed by atoms with E-state index in [1.165, 1.54) is 0 Å². The molecule has 1 atom stereocenters. The summed E-state index contributed by atoms with van der Waals surface area (Å²) in [7, 11) is -0.118. The molecule has 0 aliphatic carbocycles. The minimum Gasteiger partial charge on any atom is -0.489 e. The summed E-state index contributed by atoms with van der Waals surface area (Å²) in [5.74, 6) is 1.33. The van der Waals surface area contributed by atoms with Gasteiger partial charge in [0.25, 0.3) is 0 Å². The maximum Gasteiger partial charge on any atom is 1.00 e. The predicted octanol–water partition coefficient (Wildman–Crippen LogP) is 3.95. The maximum absolute atomic E-state index is 13.1. The number of aryl methyl sites for hydroxylation is 1. The summed E-state index contributed by atoms with van der Waals surface area (Å²) < 4.78 is 12.1. The zero-order chi connectivity index (χ0) is 23.0. The molecule has 0 heterocycles. The van der Waals surface area contributed by atoms with Crippen LogP contribution >= 0.6 is 20.2 Å². The summed E-state index contributed by atoms with van der Waals surface area (Å²) in [6, 6.07) is 31.1. The van der Waals surface area contributed by atoms with Crippen LogP contribution in [0.1, 0.15) is 27.0 Å². The summed E-state index contributed by atoms with van der Waals surface area (Å²) in [5, 5.41) is 1.30. The molecule has 0 aliphatic heterocycles. The van der Waals surface area contributed by atoms with Gasteiger partial charge in [-0.2, -0.15) is 0 Å². The molecule has 0 spiro atoms. The fourth-order valence-electron chi connectivity index (χ4n) is 3.40. The standard InChI is InChI=1S/C28H24ClO3P.Li/c1-20-9-8-14-24(29)27(20)28(30)33-26-16-15-23(31-18-21-10-4-2-5-11-21)17-25(26)32-19-22-12-6-3-7-13-22;/h2-17,33H,18-19H2,1H3;/q;+1. The van der Waals surface area contributed by atoms with E-state index in [2.05, 4.69) is 0 Å². The van der Waals surface area contributed by atoms with Gasteiger partial charge in [-0.15, -0.1) is 0 Å². The van der Waals surface area contributed by atoms with Gasteiger partial charge in [0, 0.05) is 16.9 Å². The van der Waals surface area contributed by atoms with Gasteiger partial charge >= 0.3 is 18.9 Å². The van der Waals surface area contributed by atoms with Crippen LogP contribution in [0, 0.1) is 6.92 Å². The topological polar surface area (TPSA) is 35.5 Å². The van der Waals surface area contributed by atoms with E-state index in [9.17, 15) is 4.79 Å². The van der Waals surface area contributed by atoms with E-state index in [0.29, 0.717) is 35.3 Å². The van der Waals surface area contributed by atoms with E-state index >= 15 is 0 Å². The summed E-state index contributed by atoms with van der Waals surface area (Å²) in [6.45, 7) is 2.76. The van der Waals surface area contributed by atoms with E-state index in [1.54, 1.807) is 6.07 Å². The molecule has 1 unspecified atom stereocenters. The van der Waals surface area contributed by atoms with Gasteiger partial charge in [0.2, 0.25) is 0 Å². The summed E-state index contributed by atoms with van der Waals surface area (Å²) in [5.41, 5.74) is 3.56. The smallest absolute Gasteiger partial charge is 0.489 e. The Kier molecular flexibility index (Phi) is 9.82. The molecule has 6 heteroatoms. The van der Waals surface area contributed by atoms with Crippen LogP contribution in [-0.4, -0.2) is 5.52 Å². The number of carbonyl (C=O) groups is 1. The van der Waals surface area contributed by atoms with Crippen molar-refractivity contribution in [3.05, 3.63) is 124 Å². The second-order valence-electron chi connectivity index (χ2n) is 7.59. The third-order valence-corrected chi connectivity index (χ3v) is 6.61. The summed E-state index contributed by atoms with van der Waals surface area (Å²) in [6.07, 6.45) is 0. The predicted molar refractivity (Wildman–Crippen MR) is 136 cm³/mol. The van der Waals surface area contributed by atoms with Crippen LogP contribution in [0.5, 0.6) is 11.5 Å². The van der Waals surface area contributed by atoms with Gasteiger partial charge in [0.05, 0.1) is 5.02 Å². The van der Waals surface area contributed by atoms with Crippen LogP contribution in [-0.2, 0) is 13.2 Å². The zero-order valence-corrected chi connectivity index (χ0v) is 21.0. The molecule has 0 bridgehead atoms. The van der Waals surface area contributed by atoms with Crippen molar-refractivity contribution >= 4 is 31.0 Å². The van der Waals surface area contributed by atoms with E-state index in [4.69, 9.17) is 21.1 Å².